The Morgan fingerprint density at radius 3 is 2.43 bits per heavy atom. The first-order valence-corrected chi connectivity index (χ1v) is 10.1. The van der Waals surface area contributed by atoms with Crippen molar-refractivity contribution in [2.24, 2.45) is 0 Å². The molecule has 30 heavy (non-hydrogen) atoms. The molecule has 2 atom stereocenters. The molecule has 0 saturated carbocycles. The first-order valence-electron chi connectivity index (χ1n) is 10.1. The van der Waals surface area contributed by atoms with Crippen LogP contribution in [0.4, 0.5) is 11.5 Å². The van der Waals surface area contributed by atoms with Crippen LogP contribution < -0.4 is 20.3 Å². The molecule has 1 aliphatic heterocycles. The first kappa shape index (κ1) is 21.6. The van der Waals surface area contributed by atoms with Gasteiger partial charge in [0.1, 0.15) is 11.6 Å². The van der Waals surface area contributed by atoms with Crippen LogP contribution in [0.3, 0.4) is 0 Å². The number of carbonyl (C=O) groups is 2. The molecule has 3 rings (SSSR count). The Labute approximate surface area is 176 Å². The van der Waals surface area contributed by atoms with E-state index in [1.54, 1.807) is 36.5 Å². The summed E-state index contributed by atoms with van der Waals surface area (Å²) in [7, 11) is 0. The third-order valence-electron chi connectivity index (χ3n) is 4.61. The lowest BCUT2D eigenvalue weighted by molar-refractivity contribution is -0.115. The quantitative estimate of drug-likeness (QED) is 0.726. The van der Waals surface area contributed by atoms with Gasteiger partial charge in [-0.1, -0.05) is 0 Å². The average molecular weight is 412 g/mol. The van der Waals surface area contributed by atoms with E-state index in [2.05, 4.69) is 20.5 Å². The highest BCUT2D eigenvalue weighted by atomic mass is 16.5. The number of nitrogens with zero attached hydrogens (tertiary/aromatic N) is 2. The monoisotopic (exact) mass is 412 g/mol. The molecule has 1 aliphatic rings. The first-order chi connectivity index (χ1) is 14.4. The van der Waals surface area contributed by atoms with Crippen molar-refractivity contribution in [3.05, 3.63) is 48.2 Å². The fourth-order valence-electron chi connectivity index (χ4n) is 3.35. The number of aromatic nitrogens is 1. The molecule has 1 aromatic carbocycles. The zero-order chi connectivity index (χ0) is 21.5. The van der Waals surface area contributed by atoms with Crippen LogP contribution in [-0.2, 0) is 9.53 Å². The van der Waals surface area contributed by atoms with E-state index in [1.165, 1.54) is 0 Å². The number of anilines is 2. The molecular weight excluding hydrogens is 384 g/mol. The Kier molecular flexibility index (Phi) is 7.24. The number of amides is 2. The van der Waals surface area contributed by atoms with Crippen molar-refractivity contribution in [3.8, 4) is 5.75 Å². The van der Waals surface area contributed by atoms with Crippen molar-refractivity contribution >= 4 is 23.3 Å². The van der Waals surface area contributed by atoms with E-state index in [9.17, 15) is 9.59 Å². The van der Waals surface area contributed by atoms with Crippen molar-refractivity contribution in [3.63, 3.8) is 0 Å². The molecule has 2 aromatic rings. The summed E-state index contributed by atoms with van der Waals surface area (Å²) in [4.78, 5) is 31.0. The minimum Gasteiger partial charge on any atom is -0.494 e. The molecule has 8 nitrogen and oxygen atoms in total. The maximum Gasteiger partial charge on any atom is 0.251 e. The van der Waals surface area contributed by atoms with E-state index < -0.39 is 0 Å². The number of ether oxygens (including phenoxy) is 2. The summed E-state index contributed by atoms with van der Waals surface area (Å²) in [5, 5.41) is 5.35. The Balaban J connectivity index is 1.48. The molecule has 1 fully saturated rings. The van der Waals surface area contributed by atoms with E-state index in [-0.39, 0.29) is 30.6 Å². The van der Waals surface area contributed by atoms with E-state index >= 15 is 0 Å². The molecule has 0 bridgehead atoms. The van der Waals surface area contributed by atoms with Gasteiger partial charge in [0, 0.05) is 18.7 Å². The third kappa shape index (κ3) is 5.93. The Bertz CT molecular complexity index is 844. The van der Waals surface area contributed by atoms with Crippen molar-refractivity contribution in [1.29, 1.82) is 0 Å². The predicted octanol–water partition coefficient (Wildman–Crippen LogP) is 2.46. The number of morpholine rings is 1. The van der Waals surface area contributed by atoms with E-state index in [0.29, 0.717) is 23.6 Å². The molecule has 0 spiro atoms. The highest BCUT2D eigenvalue weighted by molar-refractivity contribution is 5.99. The van der Waals surface area contributed by atoms with Crippen LogP contribution in [0.15, 0.2) is 42.6 Å². The topological polar surface area (TPSA) is 92.8 Å². The van der Waals surface area contributed by atoms with Gasteiger partial charge in [-0.15, -0.1) is 0 Å². The standard InChI is InChI=1S/C22H28N4O4/c1-4-29-19-8-5-17(6-9-19)22(28)24-12-21(27)25-18-7-10-20(23-11-18)26-13-15(2)30-16(3)14-26/h5-11,15-16H,4,12-14H2,1-3H3,(H,24,28)(H,25,27). The van der Waals surface area contributed by atoms with Crippen LogP contribution in [0.5, 0.6) is 5.75 Å². The van der Waals surface area contributed by atoms with Gasteiger partial charge in [0.25, 0.3) is 5.91 Å². The molecule has 1 saturated heterocycles. The number of carbonyl (C=O) groups excluding carboxylic acids is 2. The zero-order valence-corrected chi connectivity index (χ0v) is 17.6. The molecule has 0 aliphatic carbocycles. The van der Waals surface area contributed by atoms with Gasteiger partial charge in [0.15, 0.2) is 0 Å². The third-order valence-corrected chi connectivity index (χ3v) is 4.61. The molecule has 2 unspecified atom stereocenters. The maximum absolute atomic E-state index is 12.2. The minimum absolute atomic E-state index is 0.133. The molecular formula is C22H28N4O4. The number of benzene rings is 1. The number of nitrogens with one attached hydrogen (secondary N) is 2. The molecule has 8 heteroatoms. The lowest BCUT2D eigenvalue weighted by atomic mass is 10.2. The average Bonchev–Trinajstić information content (AvgIpc) is 2.72. The number of pyridine rings is 1. The van der Waals surface area contributed by atoms with E-state index in [4.69, 9.17) is 9.47 Å². The fourth-order valence-corrected chi connectivity index (χ4v) is 3.35. The summed E-state index contributed by atoms with van der Waals surface area (Å²) < 4.78 is 11.1. The largest absolute Gasteiger partial charge is 0.494 e. The Morgan fingerprint density at radius 2 is 1.83 bits per heavy atom. The highest BCUT2D eigenvalue weighted by Crippen LogP contribution is 2.19. The van der Waals surface area contributed by atoms with Gasteiger partial charge in [-0.05, 0) is 57.2 Å². The van der Waals surface area contributed by atoms with Gasteiger partial charge in [-0.25, -0.2) is 4.98 Å². The highest BCUT2D eigenvalue weighted by Gasteiger charge is 2.23. The van der Waals surface area contributed by atoms with Crippen LogP contribution >= 0.6 is 0 Å². The van der Waals surface area contributed by atoms with Crippen LogP contribution in [0, 0.1) is 0 Å². The Morgan fingerprint density at radius 1 is 1.13 bits per heavy atom. The van der Waals surface area contributed by atoms with E-state index in [1.807, 2.05) is 26.8 Å². The maximum atomic E-state index is 12.2. The summed E-state index contributed by atoms with van der Waals surface area (Å²) in [5.74, 6) is 0.900. The van der Waals surface area contributed by atoms with E-state index in [0.717, 1.165) is 18.9 Å². The normalized spacial score (nSPS) is 18.6. The second-order valence-electron chi connectivity index (χ2n) is 7.26. The number of hydrogen-bond acceptors (Lipinski definition) is 6. The summed E-state index contributed by atoms with van der Waals surface area (Å²) in [6.45, 7) is 7.96. The van der Waals surface area contributed by atoms with Gasteiger partial charge in [0.05, 0.1) is 37.2 Å². The zero-order valence-electron chi connectivity index (χ0n) is 17.6. The van der Waals surface area contributed by atoms with Gasteiger partial charge in [-0.3, -0.25) is 9.59 Å². The molecule has 2 N–H and O–H groups in total. The summed E-state index contributed by atoms with van der Waals surface area (Å²) in [6.07, 6.45) is 1.91. The van der Waals surface area contributed by atoms with Gasteiger partial charge < -0.3 is 25.0 Å². The molecule has 0 radical (unpaired) electrons. The Hall–Kier alpha value is -3.13. The van der Waals surface area contributed by atoms with Gasteiger partial charge >= 0.3 is 0 Å². The second kappa shape index (κ2) is 10.1. The lowest BCUT2D eigenvalue weighted by Crippen LogP contribution is -2.45. The SMILES string of the molecule is CCOc1ccc(C(=O)NCC(=O)Nc2ccc(N3CC(C)OC(C)C3)nc2)cc1. The smallest absolute Gasteiger partial charge is 0.251 e. The lowest BCUT2D eigenvalue weighted by Gasteiger charge is -2.36. The minimum atomic E-state index is -0.322. The van der Waals surface area contributed by atoms with Crippen LogP contribution in [0.2, 0.25) is 0 Å². The van der Waals surface area contributed by atoms with Crippen molar-refractivity contribution in [2.45, 2.75) is 33.0 Å². The number of hydrogen-bond donors (Lipinski definition) is 2. The van der Waals surface area contributed by atoms with Crippen LogP contribution in [-0.4, -0.2) is 55.2 Å². The van der Waals surface area contributed by atoms with Gasteiger partial charge in [-0.2, -0.15) is 0 Å². The molecule has 2 amide bonds. The van der Waals surface area contributed by atoms with Crippen molar-refractivity contribution < 1.29 is 19.1 Å². The van der Waals surface area contributed by atoms with Crippen molar-refractivity contribution in [2.75, 3.05) is 36.5 Å². The predicted molar refractivity (Wildman–Crippen MR) is 115 cm³/mol. The molecule has 2 heterocycles. The van der Waals surface area contributed by atoms with Crippen molar-refractivity contribution in [1.82, 2.24) is 10.3 Å². The number of rotatable bonds is 7. The van der Waals surface area contributed by atoms with Crippen LogP contribution in [0.25, 0.3) is 0 Å². The molecule has 160 valence electrons. The fraction of sp³-hybridized carbons (Fsp3) is 0.409. The summed E-state index contributed by atoms with van der Waals surface area (Å²) in [6, 6.07) is 10.4. The van der Waals surface area contributed by atoms with Gasteiger partial charge in [0.2, 0.25) is 5.91 Å². The summed E-state index contributed by atoms with van der Waals surface area (Å²) >= 11 is 0. The molecule has 1 aromatic heterocycles. The van der Waals surface area contributed by atoms with Crippen LogP contribution in [0.1, 0.15) is 31.1 Å². The summed E-state index contributed by atoms with van der Waals surface area (Å²) in [5.41, 5.74) is 1.04. The second-order valence-corrected chi connectivity index (χ2v) is 7.26.